The molecule has 2 unspecified atom stereocenters. The number of aryl methyl sites for hydroxylation is 1. The predicted molar refractivity (Wildman–Crippen MR) is 91.4 cm³/mol. The Morgan fingerprint density at radius 2 is 2.04 bits per heavy atom. The molecule has 0 aliphatic carbocycles. The van der Waals surface area contributed by atoms with Crippen LogP contribution in [0.15, 0.2) is 17.3 Å². The van der Waals surface area contributed by atoms with Gasteiger partial charge in [0.05, 0.1) is 12.7 Å². The van der Waals surface area contributed by atoms with Gasteiger partial charge < -0.3 is 10.2 Å². The maximum Gasteiger partial charge on any atom is 0.244 e. The summed E-state index contributed by atoms with van der Waals surface area (Å²) in [6.07, 6.45) is 6.87. The van der Waals surface area contributed by atoms with E-state index in [1.807, 2.05) is 0 Å². The second kappa shape index (κ2) is 7.38. The molecule has 3 heterocycles. The van der Waals surface area contributed by atoms with Crippen molar-refractivity contribution >= 4 is 28.3 Å². The maximum atomic E-state index is 12.3. The molecule has 3 rings (SSSR count). The van der Waals surface area contributed by atoms with E-state index in [4.69, 9.17) is 0 Å². The first kappa shape index (κ1) is 19.2. The summed E-state index contributed by atoms with van der Waals surface area (Å²) in [5, 5.41) is 7.37. The minimum Gasteiger partial charge on any atom is -0.342 e. The monoisotopic (exact) mass is 377 g/mol. The van der Waals surface area contributed by atoms with Crippen LogP contribution in [-0.2, 0) is 21.9 Å². The Labute approximate surface area is 148 Å². The minimum atomic E-state index is -3.70. The molecule has 2 fully saturated rings. The largest absolute Gasteiger partial charge is 0.342 e. The van der Waals surface area contributed by atoms with Crippen molar-refractivity contribution in [3.8, 4) is 0 Å². The molecule has 2 aliphatic heterocycles. The van der Waals surface area contributed by atoms with Crippen molar-refractivity contribution in [3.63, 3.8) is 0 Å². The molecule has 1 aromatic rings. The van der Waals surface area contributed by atoms with Crippen LogP contribution in [0.4, 0.5) is 0 Å². The lowest BCUT2D eigenvalue weighted by Crippen LogP contribution is -2.50. The van der Waals surface area contributed by atoms with Crippen LogP contribution >= 0.6 is 12.4 Å². The molecule has 0 aromatic carbocycles. The number of nitrogens with zero attached hydrogens (tertiary/aromatic N) is 3. The van der Waals surface area contributed by atoms with E-state index in [0.29, 0.717) is 12.1 Å². The third-order valence-electron chi connectivity index (χ3n) is 4.79. The number of amides is 1. The van der Waals surface area contributed by atoms with Crippen molar-refractivity contribution in [2.45, 2.75) is 48.7 Å². The molecule has 2 atom stereocenters. The predicted octanol–water partition coefficient (Wildman–Crippen LogP) is -0.138. The van der Waals surface area contributed by atoms with Gasteiger partial charge in [0.1, 0.15) is 4.90 Å². The summed E-state index contributed by atoms with van der Waals surface area (Å²) in [6, 6.07) is 1.16. The average Bonchev–Trinajstić information content (AvgIpc) is 3.10. The molecule has 2 saturated heterocycles. The van der Waals surface area contributed by atoms with Gasteiger partial charge in [0.25, 0.3) is 0 Å². The van der Waals surface area contributed by atoms with Crippen LogP contribution in [0.2, 0.25) is 0 Å². The average molecular weight is 378 g/mol. The summed E-state index contributed by atoms with van der Waals surface area (Å²) >= 11 is 0. The van der Waals surface area contributed by atoms with Crippen LogP contribution in [0.1, 0.15) is 25.7 Å². The zero-order chi connectivity index (χ0) is 16.6. The molecule has 0 spiro atoms. The number of carbonyl (C=O) groups is 1. The van der Waals surface area contributed by atoms with Crippen LogP contribution < -0.4 is 10.0 Å². The van der Waals surface area contributed by atoms with E-state index >= 15 is 0 Å². The first-order valence-corrected chi connectivity index (χ1v) is 9.33. The van der Waals surface area contributed by atoms with Crippen LogP contribution in [0, 0.1) is 0 Å². The van der Waals surface area contributed by atoms with Crippen molar-refractivity contribution in [2.75, 3.05) is 13.6 Å². The second-order valence-corrected chi connectivity index (χ2v) is 8.21. The van der Waals surface area contributed by atoms with Gasteiger partial charge in [0, 0.05) is 38.4 Å². The number of nitrogens with one attached hydrogen (secondary N) is 2. The summed E-state index contributed by atoms with van der Waals surface area (Å²) in [7, 11) is -0.299. The number of carbonyl (C=O) groups excluding carboxylic acids is 1. The SMILES string of the molecule is CN(C(=O)CNS(=O)(=O)c1cnn(C)c1)C1CC2CCC(C1)N2.Cl. The number of fused-ring (bicyclic) bond motifs is 2. The molecule has 0 saturated carbocycles. The molecule has 1 aromatic heterocycles. The van der Waals surface area contributed by atoms with Gasteiger partial charge in [-0.05, 0) is 25.7 Å². The number of rotatable bonds is 5. The first-order valence-electron chi connectivity index (χ1n) is 7.85. The lowest BCUT2D eigenvalue weighted by molar-refractivity contribution is -0.131. The van der Waals surface area contributed by atoms with Gasteiger partial charge >= 0.3 is 0 Å². The fourth-order valence-electron chi connectivity index (χ4n) is 3.45. The Morgan fingerprint density at radius 3 is 2.58 bits per heavy atom. The van der Waals surface area contributed by atoms with Crippen LogP contribution in [0.25, 0.3) is 0 Å². The highest BCUT2D eigenvalue weighted by Gasteiger charge is 2.36. The molecule has 2 bridgehead atoms. The van der Waals surface area contributed by atoms with E-state index in [1.165, 1.54) is 17.1 Å². The van der Waals surface area contributed by atoms with E-state index in [1.54, 1.807) is 19.0 Å². The van der Waals surface area contributed by atoms with Crippen molar-refractivity contribution in [1.29, 1.82) is 0 Å². The number of hydrogen-bond donors (Lipinski definition) is 2. The third kappa shape index (κ3) is 4.08. The van der Waals surface area contributed by atoms with Crippen LogP contribution in [-0.4, -0.2) is 60.7 Å². The standard InChI is InChI=1S/C14H23N5O3S.ClH/c1-18-9-13(7-15-18)23(21,22)16-8-14(20)19(2)12-5-10-3-4-11(6-12)17-10;/h7,9-12,16-17H,3-6,8H2,1-2H3;1H. The van der Waals surface area contributed by atoms with E-state index in [9.17, 15) is 13.2 Å². The molecule has 1 amide bonds. The Bertz CT molecular complexity index is 680. The maximum absolute atomic E-state index is 12.3. The molecule has 136 valence electrons. The first-order chi connectivity index (χ1) is 10.8. The van der Waals surface area contributed by atoms with Crippen molar-refractivity contribution in [2.24, 2.45) is 7.05 Å². The van der Waals surface area contributed by atoms with Gasteiger partial charge in [-0.1, -0.05) is 0 Å². The summed E-state index contributed by atoms with van der Waals surface area (Å²) in [5.74, 6) is -0.205. The highest BCUT2D eigenvalue weighted by atomic mass is 35.5. The van der Waals surface area contributed by atoms with E-state index in [2.05, 4.69) is 15.1 Å². The molecule has 10 heteroatoms. The number of likely N-dealkylation sites (N-methyl/N-ethyl adjacent to an activating group) is 1. The fourth-order valence-corrected chi connectivity index (χ4v) is 4.41. The lowest BCUT2D eigenvalue weighted by atomic mass is 9.98. The summed E-state index contributed by atoms with van der Waals surface area (Å²) < 4.78 is 28.0. The molecule has 8 nitrogen and oxygen atoms in total. The Morgan fingerprint density at radius 1 is 1.42 bits per heavy atom. The molecular weight excluding hydrogens is 354 g/mol. The molecule has 24 heavy (non-hydrogen) atoms. The smallest absolute Gasteiger partial charge is 0.244 e. The van der Waals surface area contributed by atoms with Crippen molar-refractivity contribution in [3.05, 3.63) is 12.4 Å². The quantitative estimate of drug-likeness (QED) is 0.744. The normalized spacial score (nSPS) is 26.0. The van der Waals surface area contributed by atoms with Crippen LogP contribution in [0.5, 0.6) is 0 Å². The third-order valence-corrected chi connectivity index (χ3v) is 6.15. The zero-order valence-electron chi connectivity index (χ0n) is 13.8. The zero-order valence-corrected chi connectivity index (χ0v) is 15.4. The van der Waals surface area contributed by atoms with E-state index < -0.39 is 10.0 Å². The molecule has 2 aliphatic rings. The van der Waals surface area contributed by atoms with Gasteiger partial charge in [0.15, 0.2) is 0 Å². The number of hydrogen-bond acceptors (Lipinski definition) is 5. The van der Waals surface area contributed by atoms with Gasteiger partial charge in [-0.2, -0.15) is 5.10 Å². The Balaban J connectivity index is 0.00000208. The van der Waals surface area contributed by atoms with Crippen molar-refractivity contribution < 1.29 is 13.2 Å². The molecule has 0 radical (unpaired) electrons. The van der Waals surface area contributed by atoms with Crippen molar-refractivity contribution in [1.82, 2.24) is 24.7 Å². The topological polar surface area (TPSA) is 96.3 Å². The van der Waals surface area contributed by atoms with E-state index in [0.717, 1.165) is 25.7 Å². The van der Waals surface area contributed by atoms with Gasteiger partial charge in [0.2, 0.25) is 15.9 Å². The lowest BCUT2D eigenvalue weighted by Gasteiger charge is -2.35. The fraction of sp³-hybridized carbons (Fsp3) is 0.714. The number of piperidine rings is 1. The highest BCUT2D eigenvalue weighted by Crippen LogP contribution is 2.29. The number of halogens is 1. The molecular formula is C14H24ClN5O3S. The van der Waals surface area contributed by atoms with E-state index in [-0.39, 0.29) is 35.8 Å². The van der Waals surface area contributed by atoms with Gasteiger partial charge in [-0.25, -0.2) is 13.1 Å². The number of sulfonamides is 1. The summed E-state index contributed by atoms with van der Waals surface area (Å²) in [4.78, 5) is 14.1. The van der Waals surface area contributed by atoms with Crippen LogP contribution in [0.3, 0.4) is 0 Å². The summed E-state index contributed by atoms with van der Waals surface area (Å²) in [5.41, 5.74) is 0. The van der Waals surface area contributed by atoms with Gasteiger partial charge in [-0.3, -0.25) is 9.48 Å². The second-order valence-electron chi connectivity index (χ2n) is 6.44. The Kier molecular flexibility index (Phi) is 5.90. The summed E-state index contributed by atoms with van der Waals surface area (Å²) in [6.45, 7) is -0.229. The number of aromatic nitrogens is 2. The molecule has 2 N–H and O–H groups in total. The minimum absolute atomic E-state index is 0. The van der Waals surface area contributed by atoms with Gasteiger partial charge in [-0.15, -0.1) is 12.4 Å². The highest BCUT2D eigenvalue weighted by molar-refractivity contribution is 7.89. The Hall–Kier alpha value is -1.16.